The van der Waals surface area contributed by atoms with Crippen molar-refractivity contribution < 1.29 is 9.90 Å². The molecule has 1 heterocycles. The van der Waals surface area contributed by atoms with E-state index in [1.165, 1.54) is 0 Å². The fourth-order valence-corrected chi connectivity index (χ4v) is 2.25. The summed E-state index contributed by atoms with van der Waals surface area (Å²) in [6.07, 6.45) is 2.33. The molecule has 1 aliphatic rings. The second-order valence-corrected chi connectivity index (χ2v) is 4.78. The molecule has 4 nitrogen and oxygen atoms in total. The summed E-state index contributed by atoms with van der Waals surface area (Å²) in [4.78, 5) is 11.8. The Morgan fingerprint density at radius 2 is 2.11 bits per heavy atom. The van der Waals surface area contributed by atoms with E-state index in [-0.39, 0.29) is 24.9 Å². The third-order valence-corrected chi connectivity index (χ3v) is 3.27. The van der Waals surface area contributed by atoms with Crippen molar-refractivity contribution in [3.05, 3.63) is 29.8 Å². The van der Waals surface area contributed by atoms with Gasteiger partial charge in [-0.3, -0.25) is 4.79 Å². The van der Waals surface area contributed by atoms with Gasteiger partial charge in [0, 0.05) is 18.7 Å². The average molecular weight is 285 g/mol. The van der Waals surface area contributed by atoms with Crippen LogP contribution in [0.25, 0.3) is 0 Å². The van der Waals surface area contributed by atoms with E-state index in [1.54, 1.807) is 0 Å². The van der Waals surface area contributed by atoms with Crippen molar-refractivity contribution >= 4 is 24.0 Å². The number of amides is 1. The first-order chi connectivity index (χ1) is 8.78. The molecule has 2 rings (SSSR count). The van der Waals surface area contributed by atoms with Gasteiger partial charge in [-0.05, 0) is 49.5 Å². The predicted octanol–water partition coefficient (Wildman–Crippen LogP) is 1.58. The number of aliphatic hydroxyl groups excluding tert-OH is 1. The highest BCUT2D eigenvalue weighted by molar-refractivity contribution is 5.90. The Morgan fingerprint density at radius 3 is 2.68 bits per heavy atom. The molecule has 0 bridgehead atoms. The van der Waals surface area contributed by atoms with E-state index in [1.807, 2.05) is 24.3 Å². The molecule has 106 valence electrons. The Morgan fingerprint density at radius 1 is 1.37 bits per heavy atom. The summed E-state index contributed by atoms with van der Waals surface area (Å²) in [7, 11) is 0. The van der Waals surface area contributed by atoms with E-state index in [4.69, 9.17) is 5.11 Å². The van der Waals surface area contributed by atoms with Crippen molar-refractivity contribution in [2.75, 3.05) is 25.0 Å². The van der Waals surface area contributed by atoms with Gasteiger partial charge in [-0.1, -0.05) is 12.1 Å². The Hall–Kier alpha value is -1.10. The fraction of sp³-hybridized carbons (Fsp3) is 0.500. The second-order valence-electron chi connectivity index (χ2n) is 4.78. The monoisotopic (exact) mass is 284 g/mol. The van der Waals surface area contributed by atoms with Crippen LogP contribution in [0, 0.1) is 5.92 Å². The number of nitrogens with one attached hydrogen (secondary N) is 2. The van der Waals surface area contributed by atoms with Gasteiger partial charge in [-0.25, -0.2) is 0 Å². The van der Waals surface area contributed by atoms with Crippen LogP contribution in [0.3, 0.4) is 0 Å². The topological polar surface area (TPSA) is 61.4 Å². The number of rotatable bonds is 5. The standard InChI is InChI=1S/C14H20N2O2.ClH/c17-8-6-11-1-3-13(4-2-11)16-14(18)9-12-5-7-15-10-12;/h1-4,12,15,17H,5-10H2,(H,16,18);1H. The van der Waals surface area contributed by atoms with Gasteiger partial charge in [-0.2, -0.15) is 0 Å². The van der Waals surface area contributed by atoms with Crippen LogP contribution in [0.4, 0.5) is 5.69 Å². The van der Waals surface area contributed by atoms with Crippen molar-refractivity contribution in [3.63, 3.8) is 0 Å². The van der Waals surface area contributed by atoms with Crippen molar-refractivity contribution in [1.29, 1.82) is 0 Å². The quantitative estimate of drug-likeness (QED) is 0.769. The highest BCUT2D eigenvalue weighted by Crippen LogP contribution is 2.15. The van der Waals surface area contributed by atoms with Crippen LogP contribution in [0.2, 0.25) is 0 Å². The van der Waals surface area contributed by atoms with Crippen molar-refractivity contribution in [3.8, 4) is 0 Å². The molecule has 0 aromatic heterocycles. The van der Waals surface area contributed by atoms with Crippen molar-refractivity contribution in [1.82, 2.24) is 5.32 Å². The lowest BCUT2D eigenvalue weighted by molar-refractivity contribution is -0.116. The lowest BCUT2D eigenvalue weighted by Gasteiger charge is -2.09. The highest BCUT2D eigenvalue weighted by Gasteiger charge is 2.17. The summed E-state index contributed by atoms with van der Waals surface area (Å²) in [5.41, 5.74) is 1.91. The van der Waals surface area contributed by atoms with E-state index < -0.39 is 0 Å². The Balaban J connectivity index is 0.00000180. The van der Waals surface area contributed by atoms with E-state index in [2.05, 4.69) is 10.6 Å². The predicted molar refractivity (Wildman–Crippen MR) is 78.7 cm³/mol. The molecule has 0 radical (unpaired) electrons. The van der Waals surface area contributed by atoms with E-state index >= 15 is 0 Å². The van der Waals surface area contributed by atoms with Crippen LogP contribution in [0.1, 0.15) is 18.4 Å². The van der Waals surface area contributed by atoms with Gasteiger partial charge in [0.2, 0.25) is 5.91 Å². The number of anilines is 1. The van der Waals surface area contributed by atoms with Crippen LogP contribution in [0.15, 0.2) is 24.3 Å². The number of aliphatic hydroxyl groups is 1. The summed E-state index contributed by atoms with van der Waals surface area (Å²) in [5.74, 6) is 0.553. The molecule has 1 amide bonds. The molecule has 5 heteroatoms. The molecule has 1 unspecified atom stereocenters. The number of hydrogen-bond acceptors (Lipinski definition) is 3. The molecule has 0 spiro atoms. The largest absolute Gasteiger partial charge is 0.396 e. The molecular weight excluding hydrogens is 264 g/mol. The molecule has 1 aromatic carbocycles. The molecule has 1 aliphatic heterocycles. The molecule has 0 aliphatic carbocycles. The van der Waals surface area contributed by atoms with Crippen LogP contribution in [-0.2, 0) is 11.2 Å². The van der Waals surface area contributed by atoms with Crippen LogP contribution >= 0.6 is 12.4 Å². The fourth-order valence-electron chi connectivity index (χ4n) is 2.25. The van der Waals surface area contributed by atoms with E-state index in [9.17, 15) is 4.79 Å². The molecule has 1 fully saturated rings. The van der Waals surface area contributed by atoms with Crippen LogP contribution in [0.5, 0.6) is 0 Å². The molecule has 19 heavy (non-hydrogen) atoms. The minimum atomic E-state index is 0. The van der Waals surface area contributed by atoms with Crippen molar-refractivity contribution in [2.45, 2.75) is 19.3 Å². The summed E-state index contributed by atoms with van der Waals surface area (Å²) >= 11 is 0. The molecule has 1 atom stereocenters. The summed E-state index contributed by atoms with van der Waals surface area (Å²) < 4.78 is 0. The summed E-state index contributed by atoms with van der Waals surface area (Å²) in [6.45, 7) is 2.12. The molecule has 1 saturated heterocycles. The van der Waals surface area contributed by atoms with Gasteiger partial charge in [0.1, 0.15) is 0 Å². The molecule has 3 N–H and O–H groups in total. The van der Waals surface area contributed by atoms with Gasteiger partial charge < -0.3 is 15.7 Å². The first kappa shape index (κ1) is 16.0. The van der Waals surface area contributed by atoms with Gasteiger partial charge in [0.05, 0.1) is 0 Å². The average Bonchev–Trinajstić information content (AvgIpc) is 2.84. The molecule has 1 aromatic rings. The first-order valence-corrected chi connectivity index (χ1v) is 6.48. The van der Waals surface area contributed by atoms with Gasteiger partial charge in [0.15, 0.2) is 0 Å². The third kappa shape index (κ3) is 5.19. The number of halogens is 1. The minimum Gasteiger partial charge on any atom is -0.396 e. The second kappa shape index (κ2) is 8.15. The molecular formula is C14H21ClN2O2. The maximum Gasteiger partial charge on any atom is 0.224 e. The Bertz CT molecular complexity index is 389. The zero-order chi connectivity index (χ0) is 12.8. The van der Waals surface area contributed by atoms with E-state index in [0.29, 0.717) is 18.8 Å². The number of carbonyl (C=O) groups is 1. The number of benzene rings is 1. The summed E-state index contributed by atoms with van der Waals surface area (Å²) in [6, 6.07) is 7.64. The Labute approximate surface area is 120 Å². The lowest BCUT2D eigenvalue weighted by atomic mass is 10.0. The molecule has 0 saturated carbocycles. The Kier molecular flexibility index (Phi) is 6.84. The minimum absolute atomic E-state index is 0. The smallest absolute Gasteiger partial charge is 0.224 e. The van der Waals surface area contributed by atoms with Gasteiger partial charge in [-0.15, -0.1) is 12.4 Å². The maximum absolute atomic E-state index is 11.8. The van der Waals surface area contributed by atoms with Crippen LogP contribution < -0.4 is 10.6 Å². The highest BCUT2D eigenvalue weighted by atomic mass is 35.5. The normalized spacial score (nSPS) is 17.8. The lowest BCUT2D eigenvalue weighted by Crippen LogP contribution is -2.18. The van der Waals surface area contributed by atoms with Crippen molar-refractivity contribution in [2.24, 2.45) is 5.92 Å². The third-order valence-electron chi connectivity index (χ3n) is 3.27. The van der Waals surface area contributed by atoms with Gasteiger partial charge >= 0.3 is 0 Å². The van der Waals surface area contributed by atoms with Gasteiger partial charge in [0.25, 0.3) is 0 Å². The van der Waals surface area contributed by atoms with Crippen LogP contribution in [-0.4, -0.2) is 30.7 Å². The zero-order valence-electron chi connectivity index (χ0n) is 10.9. The number of hydrogen-bond donors (Lipinski definition) is 3. The maximum atomic E-state index is 11.8. The summed E-state index contributed by atoms with van der Waals surface area (Å²) in [5, 5.41) is 15.0. The zero-order valence-corrected chi connectivity index (χ0v) is 11.7. The SMILES string of the molecule is Cl.O=C(CC1CCNC1)Nc1ccc(CCO)cc1. The van der Waals surface area contributed by atoms with E-state index in [0.717, 1.165) is 30.8 Å². The first-order valence-electron chi connectivity index (χ1n) is 6.48. The number of carbonyl (C=O) groups excluding carboxylic acids is 1.